The van der Waals surface area contributed by atoms with Crippen molar-refractivity contribution in [1.29, 1.82) is 0 Å². The Morgan fingerprint density at radius 1 is 1.42 bits per heavy atom. The third-order valence-electron chi connectivity index (χ3n) is 2.99. The fourth-order valence-corrected chi connectivity index (χ4v) is 1.78. The van der Waals surface area contributed by atoms with Crippen molar-refractivity contribution in [3.63, 3.8) is 0 Å². The average Bonchev–Trinajstić information content (AvgIpc) is 2.42. The van der Waals surface area contributed by atoms with E-state index in [1.165, 1.54) is 5.56 Å². The summed E-state index contributed by atoms with van der Waals surface area (Å²) >= 11 is 0. The van der Waals surface area contributed by atoms with E-state index in [1.807, 2.05) is 31.2 Å². The second kappa shape index (κ2) is 7.79. The first-order valence-corrected chi connectivity index (χ1v) is 6.69. The number of hydrogen-bond donors (Lipinski definition) is 1. The van der Waals surface area contributed by atoms with Crippen molar-refractivity contribution in [3.8, 4) is 5.75 Å². The van der Waals surface area contributed by atoms with Gasteiger partial charge in [0.1, 0.15) is 5.75 Å². The summed E-state index contributed by atoms with van der Waals surface area (Å²) in [6, 6.07) is 7.78. The maximum atomic E-state index is 11.8. The summed E-state index contributed by atoms with van der Waals surface area (Å²) in [5.74, 6) is 1.03. The van der Waals surface area contributed by atoms with Crippen LogP contribution in [0.1, 0.15) is 32.3 Å². The largest absolute Gasteiger partial charge is 0.484 e. The van der Waals surface area contributed by atoms with Crippen LogP contribution in [-0.2, 0) is 4.79 Å². The lowest BCUT2D eigenvalue weighted by molar-refractivity contribution is -0.133. The normalized spacial score (nSPS) is 10.6. The minimum Gasteiger partial charge on any atom is -0.484 e. The molecular formula is C15H23NO3. The van der Waals surface area contributed by atoms with Gasteiger partial charge in [-0.25, -0.2) is 0 Å². The highest BCUT2D eigenvalue weighted by molar-refractivity contribution is 5.77. The Balaban J connectivity index is 2.56. The van der Waals surface area contributed by atoms with Crippen molar-refractivity contribution >= 4 is 5.91 Å². The molecule has 0 bridgehead atoms. The number of carbonyl (C=O) groups excluding carboxylic acids is 1. The quantitative estimate of drug-likeness (QED) is 0.820. The van der Waals surface area contributed by atoms with Gasteiger partial charge in [-0.2, -0.15) is 0 Å². The van der Waals surface area contributed by atoms with Crippen molar-refractivity contribution in [2.75, 3.05) is 26.3 Å². The molecule has 0 spiro atoms. The number of rotatable bonds is 7. The van der Waals surface area contributed by atoms with Crippen LogP contribution >= 0.6 is 0 Å². The number of benzene rings is 1. The molecule has 0 saturated heterocycles. The van der Waals surface area contributed by atoms with Crippen LogP contribution in [0.4, 0.5) is 0 Å². The van der Waals surface area contributed by atoms with Gasteiger partial charge in [-0.1, -0.05) is 26.0 Å². The van der Waals surface area contributed by atoms with Crippen LogP contribution in [0.15, 0.2) is 24.3 Å². The Labute approximate surface area is 115 Å². The molecule has 1 aromatic rings. The molecule has 0 fully saturated rings. The summed E-state index contributed by atoms with van der Waals surface area (Å²) in [5, 5.41) is 8.86. The summed E-state index contributed by atoms with van der Waals surface area (Å²) in [6.45, 7) is 7.03. The molecule has 0 aliphatic carbocycles. The van der Waals surface area contributed by atoms with Gasteiger partial charge in [-0.3, -0.25) is 4.79 Å². The Morgan fingerprint density at radius 2 is 2.16 bits per heavy atom. The zero-order valence-electron chi connectivity index (χ0n) is 11.9. The molecule has 1 N–H and O–H groups in total. The molecule has 1 amide bonds. The van der Waals surface area contributed by atoms with E-state index in [-0.39, 0.29) is 19.1 Å². The molecule has 0 aliphatic rings. The van der Waals surface area contributed by atoms with E-state index in [1.54, 1.807) is 4.90 Å². The molecule has 1 rings (SSSR count). The van der Waals surface area contributed by atoms with E-state index in [2.05, 4.69) is 13.8 Å². The SMILES string of the molecule is CCN(CCO)C(=O)COc1cccc(C(C)C)c1. The van der Waals surface area contributed by atoms with Gasteiger partial charge in [-0.15, -0.1) is 0 Å². The van der Waals surface area contributed by atoms with Crippen molar-refractivity contribution in [1.82, 2.24) is 4.90 Å². The molecule has 1 aromatic carbocycles. The number of ether oxygens (including phenoxy) is 1. The van der Waals surface area contributed by atoms with Gasteiger partial charge < -0.3 is 14.7 Å². The second-order valence-electron chi connectivity index (χ2n) is 4.71. The summed E-state index contributed by atoms with van der Waals surface area (Å²) in [7, 11) is 0. The summed E-state index contributed by atoms with van der Waals surface area (Å²) in [6.07, 6.45) is 0. The van der Waals surface area contributed by atoms with Crippen molar-refractivity contribution in [2.45, 2.75) is 26.7 Å². The van der Waals surface area contributed by atoms with Gasteiger partial charge in [0, 0.05) is 13.1 Å². The topological polar surface area (TPSA) is 49.8 Å². The average molecular weight is 265 g/mol. The maximum Gasteiger partial charge on any atom is 0.260 e. The molecule has 4 nitrogen and oxygen atoms in total. The van der Waals surface area contributed by atoms with Crippen molar-refractivity contribution in [2.24, 2.45) is 0 Å². The number of aliphatic hydroxyl groups excluding tert-OH is 1. The number of amides is 1. The Morgan fingerprint density at radius 3 is 2.74 bits per heavy atom. The Bertz CT molecular complexity index is 404. The van der Waals surface area contributed by atoms with Crippen LogP contribution in [0.3, 0.4) is 0 Å². The summed E-state index contributed by atoms with van der Waals surface area (Å²) in [5.41, 5.74) is 1.19. The maximum absolute atomic E-state index is 11.8. The van der Waals surface area contributed by atoms with Crippen molar-refractivity contribution < 1.29 is 14.6 Å². The highest BCUT2D eigenvalue weighted by atomic mass is 16.5. The Hall–Kier alpha value is -1.55. The first kappa shape index (κ1) is 15.5. The van der Waals surface area contributed by atoms with Crippen LogP contribution in [0, 0.1) is 0 Å². The van der Waals surface area contributed by atoms with Crippen LogP contribution in [0.2, 0.25) is 0 Å². The third-order valence-corrected chi connectivity index (χ3v) is 2.99. The molecule has 4 heteroatoms. The Kier molecular flexibility index (Phi) is 6.36. The van der Waals surface area contributed by atoms with Gasteiger partial charge in [0.25, 0.3) is 5.91 Å². The third kappa shape index (κ3) is 4.91. The molecule has 0 aromatic heterocycles. The van der Waals surface area contributed by atoms with Crippen LogP contribution in [0.5, 0.6) is 5.75 Å². The van der Waals surface area contributed by atoms with Crippen molar-refractivity contribution in [3.05, 3.63) is 29.8 Å². The van der Waals surface area contributed by atoms with Gasteiger partial charge in [0.2, 0.25) is 0 Å². The first-order valence-electron chi connectivity index (χ1n) is 6.69. The molecule has 0 radical (unpaired) electrons. The second-order valence-corrected chi connectivity index (χ2v) is 4.71. The van der Waals surface area contributed by atoms with E-state index < -0.39 is 0 Å². The van der Waals surface area contributed by atoms with Crippen LogP contribution in [-0.4, -0.2) is 42.2 Å². The molecule has 0 heterocycles. The van der Waals surface area contributed by atoms with Crippen LogP contribution in [0.25, 0.3) is 0 Å². The summed E-state index contributed by atoms with van der Waals surface area (Å²) < 4.78 is 5.51. The molecule has 19 heavy (non-hydrogen) atoms. The smallest absolute Gasteiger partial charge is 0.260 e. The van der Waals surface area contributed by atoms with E-state index in [0.717, 1.165) is 0 Å². The number of aliphatic hydroxyl groups is 1. The standard InChI is InChI=1S/C15H23NO3/c1-4-16(8-9-17)15(18)11-19-14-7-5-6-13(10-14)12(2)3/h5-7,10,12,17H,4,8-9,11H2,1-3H3. The fourth-order valence-electron chi connectivity index (χ4n) is 1.78. The fraction of sp³-hybridized carbons (Fsp3) is 0.533. The number of carbonyl (C=O) groups is 1. The molecular weight excluding hydrogens is 242 g/mol. The molecule has 0 atom stereocenters. The van der Waals surface area contributed by atoms with Gasteiger partial charge in [0.15, 0.2) is 6.61 Å². The lowest BCUT2D eigenvalue weighted by Crippen LogP contribution is -2.36. The van der Waals surface area contributed by atoms with Gasteiger partial charge >= 0.3 is 0 Å². The highest BCUT2D eigenvalue weighted by Gasteiger charge is 2.11. The molecule has 0 aliphatic heterocycles. The van der Waals surface area contributed by atoms with E-state index >= 15 is 0 Å². The number of nitrogens with zero attached hydrogens (tertiary/aromatic N) is 1. The lowest BCUT2D eigenvalue weighted by Gasteiger charge is -2.19. The van der Waals surface area contributed by atoms with Gasteiger partial charge in [-0.05, 0) is 30.5 Å². The first-order chi connectivity index (χ1) is 9.08. The molecule has 0 unspecified atom stereocenters. The van der Waals surface area contributed by atoms with E-state index in [4.69, 9.17) is 9.84 Å². The monoisotopic (exact) mass is 265 g/mol. The predicted molar refractivity (Wildman–Crippen MR) is 75.4 cm³/mol. The minimum absolute atomic E-state index is 0.00931. The molecule has 106 valence electrons. The van der Waals surface area contributed by atoms with Crippen LogP contribution < -0.4 is 4.74 Å². The number of hydrogen-bond acceptors (Lipinski definition) is 3. The molecule has 0 saturated carbocycles. The lowest BCUT2D eigenvalue weighted by atomic mass is 10.0. The predicted octanol–water partition coefficient (Wildman–Crippen LogP) is 2.03. The van der Waals surface area contributed by atoms with E-state index in [9.17, 15) is 4.79 Å². The highest BCUT2D eigenvalue weighted by Crippen LogP contribution is 2.20. The zero-order valence-corrected chi connectivity index (χ0v) is 11.9. The summed E-state index contributed by atoms with van der Waals surface area (Å²) in [4.78, 5) is 13.4. The van der Waals surface area contributed by atoms with E-state index in [0.29, 0.717) is 24.8 Å². The number of likely N-dealkylation sites (N-methyl/N-ethyl adjacent to an activating group) is 1. The zero-order chi connectivity index (χ0) is 14.3. The van der Waals surface area contributed by atoms with Gasteiger partial charge in [0.05, 0.1) is 6.61 Å². The minimum atomic E-state index is -0.105.